The Hall–Kier alpha value is -2.11. The lowest BCUT2D eigenvalue weighted by Crippen LogP contribution is -2.59. The van der Waals surface area contributed by atoms with Gasteiger partial charge in [-0.1, -0.05) is 17.7 Å². The standard InChI is InChI=1S/C24H27ClF3NO5S2/c1-22(2,3)35(31,32)18-9-10-19(20(25)12-18)21(30)29-13-16(14-29)23(4,5)36(33,34)17-8-6-7-15(11-17)24(26,27)28/h6-12,16H,13-14H2,1-5H3. The van der Waals surface area contributed by atoms with E-state index in [1.54, 1.807) is 20.8 Å². The fraction of sp³-hybridized carbons (Fsp3) is 0.458. The fourth-order valence-electron chi connectivity index (χ4n) is 3.81. The summed E-state index contributed by atoms with van der Waals surface area (Å²) in [5.74, 6) is -1.04. The number of amides is 1. The van der Waals surface area contributed by atoms with Crippen LogP contribution in [0.5, 0.6) is 0 Å². The van der Waals surface area contributed by atoms with Crippen LogP contribution >= 0.6 is 11.6 Å². The summed E-state index contributed by atoms with van der Waals surface area (Å²) in [6.45, 7) is 7.58. The van der Waals surface area contributed by atoms with Crippen molar-refractivity contribution in [3.05, 3.63) is 58.6 Å². The fourth-order valence-corrected chi connectivity index (χ4v) is 7.10. The average molecular weight is 566 g/mol. The molecule has 6 nitrogen and oxygen atoms in total. The van der Waals surface area contributed by atoms with Gasteiger partial charge in [0.05, 0.1) is 35.4 Å². The topological polar surface area (TPSA) is 88.6 Å². The van der Waals surface area contributed by atoms with Gasteiger partial charge >= 0.3 is 6.18 Å². The SMILES string of the molecule is CC(C)(C)S(=O)(=O)c1ccc(C(=O)N2CC(C(C)(C)S(=O)(=O)c3cccc(C(F)(F)F)c3)C2)c(Cl)c1. The molecule has 1 aliphatic rings. The molecule has 0 aliphatic carbocycles. The molecule has 1 amide bonds. The number of carbonyl (C=O) groups excluding carboxylic acids is 1. The first kappa shape index (κ1) is 28.5. The molecule has 0 bridgehead atoms. The Kier molecular flexibility index (Phi) is 7.13. The summed E-state index contributed by atoms with van der Waals surface area (Å²) < 4.78 is 88.5. The molecule has 0 radical (unpaired) electrons. The third-order valence-corrected chi connectivity index (χ3v) is 12.0. The van der Waals surface area contributed by atoms with E-state index in [0.29, 0.717) is 6.07 Å². The van der Waals surface area contributed by atoms with E-state index in [0.717, 1.165) is 18.2 Å². The highest BCUT2D eigenvalue weighted by Gasteiger charge is 2.49. The number of alkyl halides is 3. The zero-order valence-electron chi connectivity index (χ0n) is 20.3. The zero-order valence-corrected chi connectivity index (χ0v) is 22.7. The van der Waals surface area contributed by atoms with Crippen molar-refractivity contribution < 1.29 is 34.8 Å². The van der Waals surface area contributed by atoms with Crippen LogP contribution in [0.25, 0.3) is 0 Å². The van der Waals surface area contributed by atoms with Gasteiger partial charge in [0.15, 0.2) is 19.7 Å². The van der Waals surface area contributed by atoms with E-state index in [1.165, 1.54) is 36.9 Å². The molecule has 0 saturated carbocycles. The third-order valence-electron chi connectivity index (χ3n) is 6.60. The Morgan fingerprint density at radius 3 is 1.94 bits per heavy atom. The van der Waals surface area contributed by atoms with Gasteiger partial charge in [-0.25, -0.2) is 16.8 Å². The van der Waals surface area contributed by atoms with Gasteiger partial charge < -0.3 is 4.90 Å². The lowest BCUT2D eigenvalue weighted by atomic mass is 9.87. The first-order valence-corrected chi connectivity index (χ1v) is 14.3. The lowest BCUT2D eigenvalue weighted by Gasteiger charge is -2.47. The van der Waals surface area contributed by atoms with Crippen molar-refractivity contribution in [3.63, 3.8) is 0 Å². The normalized spacial score (nSPS) is 16.1. The van der Waals surface area contributed by atoms with Gasteiger partial charge in [-0.05, 0) is 71.0 Å². The van der Waals surface area contributed by atoms with Crippen molar-refractivity contribution >= 4 is 37.2 Å². The van der Waals surface area contributed by atoms with Crippen molar-refractivity contribution in [3.8, 4) is 0 Å². The predicted molar refractivity (Wildman–Crippen MR) is 130 cm³/mol. The highest BCUT2D eigenvalue weighted by atomic mass is 35.5. The molecule has 2 aromatic rings. The summed E-state index contributed by atoms with van der Waals surface area (Å²) in [4.78, 5) is 13.9. The van der Waals surface area contributed by atoms with Crippen molar-refractivity contribution in [2.75, 3.05) is 13.1 Å². The molecule has 0 N–H and O–H groups in total. The van der Waals surface area contributed by atoms with Gasteiger partial charge in [-0.2, -0.15) is 13.2 Å². The number of nitrogens with zero attached hydrogens (tertiary/aromatic N) is 1. The first-order valence-electron chi connectivity index (χ1n) is 11.0. The number of rotatable bonds is 5. The number of hydrogen-bond donors (Lipinski definition) is 0. The second kappa shape index (κ2) is 9.02. The molecule has 0 atom stereocenters. The Labute approximate surface area is 214 Å². The Bertz CT molecular complexity index is 1410. The van der Waals surface area contributed by atoms with E-state index in [4.69, 9.17) is 11.6 Å². The Balaban J connectivity index is 1.79. The minimum absolute atomic E-state index is 0.0219. The van der Waals surface area contributed by atoms with Gasteiger partial charge in [0.25, 0.3) is 5.91 Å². The number of benzene rings is 2. The molecule has 2 aromatic carbocycles. The monoisotopic (exact) mass is 565 g/mol. The van der Waals surface area contributed by atoms with Crippen LogP contribution in [0.1, 0.15) is 50.5 Å². The molecular formula is C24H27ClF3NO5S2. The van der Waals surface area contributed by atoms with E-state index >= 15 is 0 Å². The smallest absolute Gasteiger partial charge is 0.338 e. The molecule has 1 saturated heterocycles. The van der Waals surface area contributed by atoms with Crippen LogP contribution in [-0.2, 0) is 25.9 Å². The molecule has 12 heteroatoms. The van der Waals surface area contributed by atoms with Gasteiger partial charge in [-0.3, -0.25) is 4.79 Å². The number of sulfone groups is 2. The third kappa shape index (κ3) is 4.89. The number of likely N-dealkylation sites (tertiary alicyclic amines) is 1. The zero-order chi connectivity index (χ0) is 27.5. The number of hydrogen-bond acceptors (Lipinski definition) is 5. The van der Waals surface area contributed by atoms with Crippen molar-refractivity contribution in [2.24, 2.45) is 5.92 Å². The van der Waals surface area contributed by atoms with Crippen LogP contribution in [0.2, 0.25) is 5.02 Å². The van der Waals surface area contributed by atoms with Crippen LogP contribution in [0.3, 0.4) is 0 Å². The second-order valence-corrected chi connectivity index (χ2v) is 15.9. The van der Waals surface area contributed by atoms with Crippen LogP contribution in [0.15, 0.2) is 52.3 Å². The lowest BCUT2D eigenvalue weighted by molar-refractivity contribution is -0.137. The van der Waals surface area contributed by atoms with Crippen molar-refractivity contribution in [2.45, 2.75) is 60.1 Å². The van der Waals surface area contributed by atoms with Gasteiger partial charge in [0.1, 0.15) is 0 Å². The van der Waals surface area contributed by atoms with Gasteiger partial charge in [0, 0.05) is 19.0 Å². The molecule has 198 valence electrons. The summed E-state index contributed by atoms with van der Waals surface area (Å²) in [7, 11) is -7.85. The van der Waals surface area contributed by atoms with E-state index in [1.807, 2.05) is 0 Å². The Morgan fingerprint density at radius 2 is 1.44 bits per heavy atom. The minimum atomic E-state index is -4.68. The highest BCUT2D eigenvalue weighted by Crippen LogP contribution is 2.40. The number of carbonyl (C=O) groups is 1. The number of halogens is 4. The molecular weight excluding hydrogens is 539 g/mol. The van der Waals surface area contributed by atoms with E-state index < -0.39 is 57.6 Å². The maximum atomic E-state index is 13.2. The maximum Gasteiger partial charge on any atom is 0.416 e. The van der Waals surface area contributed by atoms with Crippen LogP contribution in [-0.4, -0.2) is 50.2 Å². The summed E-state index contributed by atoms with van der Waals surface area (Å²) >= 11 is 6.24. The van der Waals surface area contributed by atoms with Crippen molar-refractivity contribution in [1.82, 2.24) is 4.90 Å². The van der Waals surface area contributed by atoms with Crippen LogP contribution in [0, 0.1) is 5.92 Å². The minimum Gasteiger partial charge on any atom is -0.338 e. The summed E-state index contributed by atoms with van der Waals surface area (Å²) in [5, 5.41) is -0.0513. The Morgan fingerprint density at radius 1 is 0.889 bits per heavy atom. The van der Waals surface area contributed by atoms with Crippen LogP contribution < -0.4 is 0 Å². The summed E-state index contributed by atoms with van der Waals surface area (Å²) in [6, 6.07) is 7.44. The quantitative estimate of drug-likeness (QED) is 0.494. The average Bonchev–Trinajstić information content (AvgIpc) is 2.70. The molecule has 1 heterocycles. The largest absolute Gasteiger partial charge is 0.416 e. The molecule has 3 rings (SSSR count). The molecule has 1 fully saturated rings. The molecule has 0 aromatic heterocycles. The summed E-state index contributed by atoms with van der Waals surface area (Å²) in [6.07, 6.45) is -4.68. The first-order chi connectivity index (χ1) is 16.2. The van der Waals surface area contributed by atoms with E-state index in [2.05, 4.69) is 0 Å². The van der Waals surface area contributed by atoms with E-state index in [9.17, 15) is 34.8 Å². The maximum absolute atomic E-state index is 13.2. The second-order valence-electron chi connectivity index (χ2n) is 10.3. The summed E-state index contributed by atoms with van der Waals surface area (Å²) in [5.41, 5.74) is -0.988. The van der Waals surface area contributed by atoms with Gasteiger partial charge in [0.2, 0.25) is 0 Å². The van der Waals surface area contributed by atoms with Crippen molar-refractivity contribution in [1.29, 1.82) is 0 Å². The highest BCUT2D eigenvalue weighted by molar-refractivity contribution is 7.93. The molecule has 36 heavy (non-hydrogen) atoms. The van der Waals surface area contributed by atoms with Gasteiger partial charge in [-0.15, -0.1) is 0 Å². The molecule has 1 aliphatic heterocycles. The molecule has 0 unspecified atom stereocenters. The van der Waals surface area contributed by atoms with E-state index in [-0.39, 0.29) is 28.6 Å². The van der Waals surface area contributed by atoms with Crippen LogP contribution in [0.4, 0.5) is 13.2 Å². The predicted octanol–water partition coefficient (Wildman–Crippen LogP) is 5.26. The molecule has 0 spiro atoms.